The van der Waals surface area contributed by atoms with Crippen molar-refractivity contribution in [2.75, 3.05) is 20.2 Å². The van der Waals surface area contributed by atoms with Gasteiger partial charge in [-0.1, -0.05) is 24.3 Å². The number of hydrogen-bond donors (Lipinski definition) is 1. The van der Waals surface area contributed by atoms with Crippen molar-refractivity contribution < 1.29 is 4.74 Å². The summed E-state index contributed by atoms with van der Waals surface area (Å²) in [7, 11) is 1.79. The molecule has 1 unspecified atom stereocenters. The van der Waals surface area contributed by atoms with Gasteiger partial charge in [0.15, 0.2) is 0 Å². The number of benzene rings is 1. The van der Waals surface area contributed by atoms with Crippen molar-refractivity contribution in [2.24, 2.45) is 0 Å². The quantitative estimate of drug-likeness (QED) is 0.838. The van der Waals surface area contributed by atoms with E-state index in [0.717, 1.165) is 19.5 Å². The lowest BCUT2D eigenvalue weighted by atomic mass is 9.70. The highest BCUT2D eigenvalue weighted by atomic mass is 16.5. The van der Waals surface area contributed by atoms with Crippen LogP contribution in [0.5, 0.6) is 0 Å². The fraction of sp³-hybridized carbons (Fsp3) is 0.571. The minimum absolute atomic E-state index is 0.292. The molecule has 0 saturated carbocycles. The maximum absolute atomic E-state index is 5.42. The molecule has 0 aliphatic carbocycles. The molecule has 0 spiro atoms. The summed E-state index contributed by atoms with van der Waals surface area (Å²) in [4.78, 5) is 0. The van der Waals surface area contributed by atoms with Gasteiger partial charge in [-0.3, -0.25) is 0 Å². The average Bonchev–Trinajstić information content (AvgIpc) is 2.24. The van der Waals surface area contributed by atoms with E-state index < -0.39 is 0 Å². The zero-order valence-corrected chi connectivity index (χ0v) is 10.4. The highest BCUT2D eigenvalue weighted by Gasteiger charge is 2.40. The Morgan fingerprint density at radius 1 is 1.38 bits per heavy atom. The lowest BCUT2D eigenvalue weighted by Crippen LogP contribution is -2.58. The molecule has 2 rings (SSSR count). The van der Waals surface area contributed by atoms with Crippen LogP contribution >= 0.6 is 0 Å². The third kappa shape index (κ3) is 2.00. The topological polar surface area (TPSA) is 21.3 Å². The van der Waals surface area contributed by atoms with Gasteiger partial charge in [0.1, 0.15) is 0 Å². The van der Waals surface area contributed by atoms with E-state index in [2.05, 4.69) is 43.4 Å². The van der Waals surface area contributed by atoms with Gasteiger partial charge in [0, 0.05) is 25.6 Å². The minimum Gasteiger partial charge on any atom is -0.382 e. The average molecular weight is 219 g/mol. The van der Waals surface area contributed by atoms with E-state index >= 15 is 0 Å². The second kappa shape index (κ2) is 4.56. The molecule has 1 aliphatic heterocycles. The molecule has 1 aromatic carbocycles. The third-order valence-electron chi connectivity index (χ3n) is 3.72. The first-order chi connectivity index (χ1) is 7.68. The molecule has 1 atom stereocenters. The number of nitrogens with one attached hydrogen (secondary N) is 1. The van der Waals surface area contributed by atoms with Crippen LogP contribution < -0.4 is 5.32 Å². The van der Waals surface area contributed by atoms with Crippen LogP contribution in [0, 0.1) is 6.92 Å². The van der Waals surface area contributed by atoms with Crippen LogP contribution in [-0.2, 0) is 10.2 Å². The smallest absolute Gasteiger partial charge is 0.0552 e. The minimum atomic E-state index is 0.292. The Hall–Kier alpha value is -0.860. The van der Waals surface area contributed by atoms with Crippen LogP contribution in [0.4, 0.5) is 0 Å². The summed E-state index contributed by atoms with van der Waals surface area (Å²) in [6.45, 7) is 6.50. The molecular weight excluding hydrogens is 198 g/mol. The van der Waals surface area contributed by atoms with Crippen LogP contribution in [0.25, 0.3) is 0 Å². The summed E-state index contributed by atoms with van der Waals surface area (Å²) in [6, 6.07) is 8.71. The number of ether oxygens (including phenoxy) is 1. The Bertz CT molecular complexity index is 358. The summed E-state index contributed by atoms with van der Waals surface area (Å²) in [5.41, 5.74) is 3.17. The van der Waals surface area contributed by atoms with Gasteiger partial charge in [0.2, 0.25) is 0 Å². The fourth-order valence-electron chi connectivity index (χ4n) is 2.67. The largest absolute Gasteiger partial charge is 0.382 e. The molecule has 1 N–H and O–H groups in total. The Morgan fingerprint density at radius 2 is 2.06 bits per heavy atom. The summed E-state index contributed by atoms with van der Waals surface area (Å²) in [6.07, 6.45) is 1.42. The molecule has 1 saturated heterocycles. The predicted molar refractivity (Wildman–Crippen MR) is 66.8 cm³/mol. The molecule has 0 aromatic heterocycles. The molecule has 1 aliphatic rings. The van der Waals surface area contributed by atoms with Gasteiger partial charge in [0.25, 0.3) is 0 Å². The molecule has 2 nitrogen and oxygen atoms in total. The highest BCUT2D eigenvalue weighted by molar-refractivity contribution is 5.36. The maximum atomic E-state index is 5.42. The van der Waals surface area contributed by atoms with Gasteiger partial charge in [0.05, 0.1) is 6.10 Å². The Labute approximate surface area is 98.0 Å². The number of rotatable bonds is 4. The molecule has 1 fully saturated rings. The van der Waals surface area contributed by atoms with E-state index in [4.69, 9.17) is 4.74 Å². The second-order valence-corrected chi connectivity index (χ2v) is 4.95. The first kappa shape index (κ1) is 11.6. The maximum Gasteiger partial charge on any atom is 0.0552 e. The molecule has 16 heavy (non-hydrogen) atoms. The Balaban J connectivity index is 2.25. The monoisotopic (exact) mass is 219 g/mol. The molecule has 0 amide bonds. The molecular formula is C14H21NO. The van der Waals surface area contributed by atoms with E-state index in [1.54, 1.807) is 7.11 Å². The normalized spacial score (nSPS) is 20.2. The van der Waals surface area contributed by atoms with Crippen LogP contribution in [0.1, 0.15) is 24.5 Å². The van der Waals surface area contributed by atoms with E-state index in [0.29, 0.717) is 11.5 Å². The van der Waals surface area contributed by atoms with Gasteiger partial charge >= 0.3 is 0 Å². The summed E-state index contributed by atoms with van der Waals surface area (Å²) in [5.74, 6) is 0. The summed E-state index contributed by atoms with van der Waals surface area (Å²) < 4.78 is 5.42. The van der Waals surface area contributed by atoms with Crippen molar-refractivity contribution in [3.8, 4) is 0 Å². The number of hydrogen-bond acceptors (Lipinski definition) is 2. The van der Waals surface area contributed by atoms with Gasteiger partial charge < -0.3 is 10.1 Å². The highest BCUT2D eigenvalue weighted by Crippen LogP contribution is 2.35. The van der Waals surface area contributed by atoms with Gasteiger partial charge in [-0.2, -0.15) is 0 Å². The summed E-state index contributed by atoms with van der Waals surface area (Å²) in [5, 5.41) is 3.40. The van der Waals surface area contributed by atoms with Crippen molar-refractivity contribution in [3.63, 3.8) is 0 Å². The van der Waals surface area contributed by atoms with Gasteiger partial charge in [-0.05, 0) is 31.4 Å². The second-order valence-electron chi connectivity index (χ2n) is 4.95. The first-order valence-corrected chi connectivity index (χ1v) is 5.97. The van der Waals surface area contributed by atoms with Crippen molar-refractivity contribution in [2.45, 2.75) is 31.8 Å². The lowest BCUT2D eigenvalue weighted by Gasteiger charge is -2.45. The van der Waals surface area contributed by atoms with Gasteiger partial charge in [-0.25, -0.2) is 0 Å². The first-order valence-electron chi connectivity index (χ1n) is 5.97. The van der Waals surface area contributed by atoms with Gasteiger partial charge in [-0.15, -0.1) is 0 Å². The Kier molecular flexibility index (Phi) is 3.31. The lowest BCUT2D eigenvalue weighted by molar-refractivity contribution is 0.0716. The molecule has 0 bridgehead atoms. The van der Waals surface area contributed by atoms with E-state index in [1.165, 1.54) is 11.1 Å². The number of methoxy groups -OCH3 is 1. The molecule has 2 heteroatoms. The zero-order valence-electron chi connectivity index (χ0n) is 10.4. The van der Waals surface area contributed by atoms with E-state index in [9.17, 15) is 0 Å². The molecule has 88 valence electrons. The fourth-order valence-corrected chi connectivity index (χ4v) is 2.67. The molecule has 1 aromatic rings. The van der Waals surface area contributed by atoms with Crippen molar-refractivity contribution in [1.29, 1.82) is 0 Å². The zero-order chi connectivity index (χ0) is 11.6. The number of aryl methyl sites for hydroxylation is 1. The Morgan fingerprint density at radius 3 is 2.56 bits per heavy atom. The van der Waals surface area contributed by atoms with E-state index in [-0.39, 0.29) is 0 Å². The SMILES string of the molecule is COC(C)CC1(c2ccccc2C)CNC1. The molecule has 1 heterocycles. The van der Waals surface area contributed by atoms with Crippen LogP contribution in [-0.4, -0.2) is 26.3 Å². The van der Waals surface area contributed by atoms with Crippen LogP contribution in [0.15, 0.2) is 24.3 Å². The summed E-state index contributed by atoms with van der Waals surface area (Å²) >= 11 is 0. The van der Waals surface area contributed by atoms with Crippen LogP contribution in [0.3, 0.4) is 0 Å². The van der Waals surface area contributed by atoms with Crippen molar-refractivity contribution in [1.82, 2.24) is 5.32 Å². The standard InChI is InChI=1S/C14H21NO/c1-11-6-4-5-7-13(11)14(9-15-10-14)8-12(2)16-3/h4-7,12,15H,8-10H2,1-3H3. The molecule has 0 radical (unpaired) electrons. The van der Waals surface area contributed by atoms with E-state index in [1.807, 2.05) is 0 Å². The predicted octanol–water partition coefficient (Wildman–Crippen LogP) is 2.26. The van der Waals surface area contributed by atoms with Crippen molar-refractivity contribution >= 4 is 0 Å². The van der Waals surface area contributed by atoms with Crippen molar-refractivity contribution in [3.05, 3.63) is 35.4 Å². The third-order valence-corrected chi connectivity index (χ3v) is 3.72. The van der Waals surface area contributed by atoms with Crippen LogP contribution in [0.2, 0.25) is 0 Å².